The molecule has 0 aromatic rings. The highest BCUT2D eigenvalue weighted by Crippen LogP contribution is 2.78. The maximum atomic E-state index is 6.48. The number of hydrogen-bond acceptors (Lipinski definition) is 6. The molecule has 12 rings (SSSR count). The molecule has 0 aromatic heterocycles. The lowest BCUT2D eigenvalue weighted by atomic mass is 9.63. The van der Waals surface area contributed by atoms with Crippen molar-refractivity contribution in [3.63, 3.8) is 0 Å². The van der Waals surface area contributed by atoms with Gasteiger partial charge in [0.15, 0.2) is 17.4 Å². The summed E-state index contributed by atoms with van der Waals surface area (Å²) < 4.78 is 38.5. The van der Waals surface area contributed by atoms with E-state index in [-0.39, 0.29) is 16.8 Å². The fourth-order valence-electron chi connectivity index (χ4n) is 21.0. The van der Waals surface area contributed by atoms with Gasteiger partial charge in [0, 0.05) is 0 Å². The fraction of sp³-hybridized carbons (Fsp3) is 1.00. The van der Waals surface area contributed by atoms with E-state index >= 15 is 0 Å². The van der Waals surface area contributed by atoms with Crippen molar-refractivity contribution in [3.8, 4) is 0 Å². The average molecular weight is 835 g/mol. The Labute approximate surface area is 367 Å². The molecule has 60 heavy (non-hydrogen) atoms. The molecule has 6 nitrogen and oxygen atoms in total. The molecule has 9 aliphatic carbocycles. The van der Waals surface area contributed by atoms with Gasteiger partial charge < -0.3 is 28.4 Å². The van der Waals surface area contributed by atoms with E-state index in [1.165, 1.54) is 77.0 Å². The highest BCUT2D eigenvalue weighted by Gasteiger charge is 2.77. The van der Waals surface area contributed by atoms with Crippen molar-refractivity contribution in [2.45, 2.75) is 254 Å². The summed E-state index contributed by atoms with van der Waals surface area (Å²) in [5.74, 6) is 5.87. The van der Waals surface area contributed by atoms with Gasteiger partial charge in [0.05, 0.1) is 35.1 Å². The topological polar surface area (TPSA) is 55.4 Å². The van der Waals surface area contributed by atoms with Gasteiger partial charge in [-0.25, -0.2) is 0 Å². The molecular weight excluding hydrogens is 745 g/mol. The van der Waals surface area contributed by atoms with Crippen LogP contribution >= 0.6 is 0 Å². The van der Waals surface area contributed by atoms with Crippen LogP contribution in [-0.2, 0) is 28.4 Å². The molecule has 12 aliphatic rings. The van der Waals surface area contributed by atoms with Crippen LogP contribution < -0.4 is 0 Å². The Morgan fingerprint density at radius 2 is 0.533 bits per heavy atom. The Balaban J connectivity index is 0.000000108. The lowest BCUT2D eigenvalue weighted by Gasteiger charge is -2.47. The molecule has 0 radical (unpaired) electrons. The average Bonchev–Trinajstić information content (AvgIpc) is 3.94. The smallest absolute Gasteiger partial charge is 0.164 e. The molecule has 3 aliphatic heterocycles. The van der Waals surface area contributed by atoms with E-state index in [9.17, 15) is 0 Å². The van der Waals surface area contributed by atoms with E-state index in [1.54, 1.807) is 0 Å². The van der Waals surface area contributed by atoms with E-state index in [1.807, 2.05) is 0 Å². The van der Waals surface area contributed by atoms with E-state index in [0.29, 0.717) is 68.6 Å². The number of ether oxygens (including phenoxy) is 6. The summed E-state index contributed by atoms with van der Waals surface area (Å²) in [5.41, 5.74) is 2.51. The molecule has 0 unspecified atom stereocenters. The summed E-state index contributed by atoms with van der Waals surface area (Å²) in [6.07, 6.45) is 17.1. The summed E-state index contributed by atoms with van der Waals surface area (Å²) in [5, 5.41) is 0. The van der Waals surface area contributed by atoms with Crippen LogP contribution in [0.5, 0.6) is 0 Å². The third kappa shape index (κ3) is 5.39. The minimum absolute atomic E-state index is 0.0810. The summed E-state index contributed by atoms with van der Waals surface area (Å²) >= 11 is 0. The number of hydrogen-bond donors (Lipinski definition) is 0. The molecule has 3 heterocycles. The third-order valence-corrected chi connectivity index (χ3v) is 23.2. The summed E-state index contributed by atoms with van der Waals surface area (Å²) in [7, 11) is 0. The molecule has 9 saturated carbocycles. The van der Waals surface area contributed by atoms with Gasteiger partial charge in [-0.05, 0) is 225 Å². The Bertz CT molecular complexity index is 1560. The predicted octanol–water partition coefficient (Wildman–Crippen LogP) is 13.1. The van der Waals surface area contributed by atoms with Crippen LogP contribution in [0.2, 0.25) is 0 Å². The van der Waals surface area contributed by atoms with Gasteiger partial charge in [0.25, 0.3) is 0 Å². The van der Waals surface area contributed by atoms with Crippen LogP contribution in [0.25, 0.3) is 0 Å². The second-order valence-corrected chi connectivity index (χ2v) is 28.0. The van der Waals surface area contributed by atoms with Crippen LogP contribution in [0, 0.1) is 85.8 Å². The summed E-state index contributed by atoms with van der Waals surface area (Å²) in [6, 6.07) is 0. The molecule has 6 bridgehead atoms. The van der Waals surface area contributed by atoms with Crippen molar-refractivity contribution in [2.75, 3.05) is 0 Å². The maximum Gasteiger partial charge on any atom is 0.164 e. The van der Waals surface area contributed by atoms with E-state index < -0.39 is 17.4 Å². The van der Waals surface area contributed by atoms with Gasteiger partial charge in [-0.3, -0.25) is 0 Å². The molecule has 18 atom stereocenters. The standard InChI is InChI=1S/3C18H30O2/c3*1-11-7-8-12-15(2,3)13-9-18(11,12)10-14-17(13,6)20-16(4,5)19-14/h3*11-14H,7-10H2,1-6H3/t11-,12-,13+,14+,17+,18+;11-,12-,13+,14+,17-,18+;11-,12-,13+,14-,17-,18+/m000/s1. The fourth-order valence-corrected chi connectivity index (χ4v) is 21.0. The molecule has 0 amide bonds. The van der Waals surface area contributed by atoms with Gasteiger partial charge in [0.2, 0.25) is 0 Å². The first-order valence-corrected chi connectivity index (χ1v) is 25.5. The normalized spacial score (nSPS) is 58.5. The summed E-state index contributed by atoms with van der Waals surface area (Å²) in [6.45, 7) is 42.0. The maximum absolute atomic E-state index is 6.48. The number of rotatable bonds is 0. The first kappa shape index (κ1) is 43.6. The molecule has 0 N–H and O–H groups in total. The van der Waals surface area contributed by atoms with Gasteiger partial charge >= 0.3 is 0 Å². The van der Waals surface area contributed by atoms with Crippen molar-refractivity contribution < 1.29 is 28.4 Å². The van der Waals surface area contributed by atoms with Crippen LogP contribution in [0.3, 0.4) is 0 Å². The zero-order valence-electron chi connectivity index (χ0n) is 41.9. The molecule has 6 heteroatoms. The van der Waals surface area contributed by atoms with E-state index in [4.69, 9.17) is 28.4 Å². The lowest BCUT2D eigenvalue weighted by molar-refractivity contribution is -0.177. The zero-order valence-corrected chi connectivity index (χ0v) is 41.9. The van der Waals surface area contributed by atoms with E-state index in [2.05, 4.69) is 125 Å². The molecule has 342 valence electrons. The zero-order chi connectivity index (χ0) is 43.7. The van der Waals surface area contributed by atoms with Crippen molar-refractivity contribution in [1.82, 2.24) is 0 Å². The van der Waals surface area contributed by atoms with Crippen molar-refractivity contribution in [3.05, 3.63) is 0 Å². The minimum atomic E-state index is -0.409. The molecule has 3 saturated heterocycles. The van der Waals surface area contributed by atoms with E-state index in [0.717, 1.165) is 35.5 Å². The highest BCUT2D eigenvalue weighted by molar-refractivity contribution is 5.24. The number of fused-ring (bicyclic) bond motifs is 9. The SMILES string of the molecule is C[C@H]1CC[C@H]2C(C)(C)[C@H]3C[C@@]12C[C@@H]1OC(C)(C)O[C@]13C.C[C@H]1CC[C@H]2C(C)(C)[C@H]3C[C@@]12C[C@H]1OC(C)(C)O[C@@]31C.C[C@H]1CC[C@H]2C(C)(C)[C@H]3C[C@@]12C[C@H]1OC(C)(C)O[C@]31C. The van der Waals surface area contributed by atoms with Gasteiger partial charge in [0.1, 0.15) is 0 Å². The Hall–Kier alpha value is -0.240. The van der Waals surface area contributed by atoms with Gasteiger partial charge in [-0.1, -0.05) is 62.3 Å². The Morgan fingerprint density at radius 1 is 0.300 bits per heavy atom. The second-order valence-electron chi connectivity index (χ2n) is 28.0. The molecule has 3 spiro atoms. The largest absolute Gasteiger partial charge is 0.344 e. The van der Waals surface area contributed by atoms with Crippen molar-refractivity contribution in [2.24, 2.45) is 85.8 Å². The van der Waals surface area contributed by atoms with Crippen LogP contribution in [0.15, 0.2) is 0 Å². The lowest BCUT2D eigenvalue weighted by Crippen LogP contribution is -2.52. The van der Waals surface area contributed by atoms with Gasteiger partial charge in [-0.15, -0.1) is 0 Å². The first-order valence-electron chi connectivity index (χ1n) is 25.5. The molecule has 0 aromatic carbocycles. The van der Waals surface area contributed by atoms with Crippen LogP contribution in [0.1, 0.15) is 202 Å². The van der Waals surface area contributed by atoms with Crippen molar-refractivity contribution in [1.29, 1.82) is 0 Å². The third-order valence-electron chi connectivity index (χ3n) is 23.2. The molecule has 12 fully saturated rings. The predicted molar refractivity (Wildman–Crippen MR) is 238 cm³/mol. The summed E-state index contributed by atoms with van der Waals surface area (Å²) in [4.78, 5) is 0. The quantitative estimate of drug-likeness (QED) is 0.242. The molecular formula is C54H90O6. The minimum Gasteiger partial charge on any atom is -0.344 e. The van der Waals surface area contributed by atoms with Crippen LogP contribution in [-0.4, -0.2) is 52.5 Å². The highest BCUT2D eigenvalue weighted by atomic mass is 16.8. The Morgan fingerprint density at radius 3 is 0.767 bits per heavy atom. The van der Waals surface area contributed by atoms with Crippen LogP contribution in [0.4, 0.5) is 0 Å². The van der Waals surface area contributed by atoms with Crippen molar-refractivity contribution >= 4 is 0 Å². The first-order chi connectivity index (χ1) is 27.4. The van der Waals surface area contributed by atoms with Gasteiger partial charge in [-0.2, -0.15) is 0 Å². The monoisotopic (exact) mass is 835 g/mol. The second kappa shape index (κ2) is 12.4. The Kier molecular flexibility index (Phi) is 9.02.